The van der Waals surface area contributed by atoms with Crippen molar-refractivity contribution in [2.24, 2.45) is 0 Å². The van der Waals surface area contributed by atoms with Crippen molar-refractivity contribution in [1.82, 2.24) is 9.62 Å². The van der Waals surface area contributed by atoms with Crippen molar-refractivity contribution in [3.05, 3.63) is 65.2 Å². The number of hydrogen-bond donors (Lipinski definition) is 1. The van der Waals surface area contributed by atoms with Crippen LogP contribution in [0.2, 0.25) is 0 Å². The van der Waals surface area contributed by atoms with Gasteiger partial charge in [0.2, 0.25) is 15.9 Å². The summed E-state index contributed by atoms with van der Waals surface area (Å²) in [6.07, 6.45) is -4.75. The van der Waals surface area contributed by atoms with Gasteiger partial charge >= 0.3 is 6.18 Å². The maximum Gasteiger partial charge on any atom is 0.417 e. The Balaban J connectivity index is 2.14. The van der Waals surface area contributed by atoms with Gasteiger partial charge in [0, 0.05) is 13.6 Å². The smallest absolute Gasteiger partial charge is 0.358 e. The van der Waals surface area contributed by atoms with Crippen LogP contribution in [0, 0.1) is 0 Å². The molecule has 2 aromatic carbocycles. The Morgan fingerprint density at radius 2 is 1.67 bits per heavy atom. The molecule has 27 heavy (non-hydrogen) atoms. The SMILES string of the molecule is CNC(=O)C1Cc2ccccc2CN1S(=O)(=O)c1ccccc1C(F)(F)F. The molecule has 0 bridgehead atoms. The number of nitrogens with zero attached hydrogens (tertiary/aromatic N) is 1. The van der Waals surface area contributed by atoms with E-state index < -0.39 is 38.6 Å². The van der Waals surface area contributed by atoms with Crippen LogP contribution in [-0.4, -0.2) is 31.7 Å². The van der Waals surface area contributed by atoms with E-state index in [1.54, 1.807) is 24.3 Å². The highest BCUT2D eigenvalue weighted by atomic mass is 32.2. The Kier molecular flexibility index (Phi) is 5.00. The van der Waals surface area contributed by atoms with Gasteiger partial charge in [-0.3, -0.25) is 4.79 Å². The molecular weight excluding hydrogens is 381 g/mol. The van der Waals surface area contributed by atoms with Gasteiger partial charge in [-0.25, -0.2) is 8.42 Å². The molecule has 3 rings (SSSR count). The number of halogens is 3. The fraction of sp³-hybridized carbons (Fsp3) is 0.278. The average molecular weight is 398 g/mol. The molecule has 1 N–H and O–H groups in total. The number of likely N-dealkylation sites (N-methyl/N-ethyl adjacent to an activating group) is 1. The molecule has 0 saturated carbocycles. The minimum absolute atomic E-state index is 0.0866. The van der Waals surface area contributed by atoms with Gasteiger partial charge in [-0.2, -0.15) is 17.5 Å². The van der Waals surface area contributed by atoms with E-state index in [0.717, 1.165) is 28.1 Å². The van der Waals surface area contributed by atoms with Crippen LogP contribution in [0.5, 0.6) is 0 Å². The standard InChI is InChI=1S/C18H17F3N2O3S/c1-22-17(24)15-10-12-6-2-3-7-13(12)11-23(15)27(25,26)16-9-5-4-8-14(16)18(19,20)21/h2-9,15H,10-11H2,1H3,(H,22,24). The third kappa shape index (κ3) is 3.57. The van der Waals surface area contributed by atoms with E-state index in [-0.39, 0.29) is 13.0 Å². The number of alkyl halides is 3. The molecule has 0 radical (unpaired) electrons. The Labute approximate surface area is 154 Å². The van der Waals surface area contributed by atoms with Gasteiger partial charge in [0.15, 0.2) is 0 Å². The summed E-state index contributed by atoms with van der Waals surface area (Å²) in [5.74, 6) is -0.572. The van der Waals surface area contributed by atoms with E-state index in [0.29, 0.717) is 5.56 Å². The first kappa shape index (κ1) is 19.4. The van der Waals surface area contributed by atoms with Gasteiger partial charge in [0.05, 0.1) is 10.5 Å². The lowest BCUT2D eigenvalue weighted by Crippen LogP contribution is -2.52. The summed E-state index contributed by atoms with van der Waals surface area (Å²) >= 11 is 0. The summed E-state index contributed by atoms with van der Waals surface area (Å²) in [5, 5.41) is 2.40. The first-order valence-corrected chi connectivity index (χ1v) is 9.56. The lowest BCUT2D eigenvalue weighted by Gasteiger charge is -2.35. The number of benzene rings is 2. The molecule has 5 nitrogen and oxygen atoms in total. The summed E-state index contributed by atoms with van der Waals surface area (Å²) in [4.78, 5) is 11.5. The van der Waals surface area contributed by atoms with Crippen molar-refractivity contribution in [3.63, 3.8) is 0 Å². The summed E-state index contributed by atoms with van der Waals surface area (Å²) < 4.78 is 67.2. The van der Waals surface area contributed by atoms with E-state index in [1.165, 1.54) is 13.1 Å². The Hall–Kier alpha value is -2.39. The highest BCUT2D eigenvalue weighted by Gasteiger charge is 2.43. The van der Waals surface area contributed by atoms with Crippen LogP contribution in [0.25, 0.3) is 0 Å². The first-order valence-electron chi connectivity index (χ1n) is 8.12. The van der Waals surface area contributed by atoms with Crippen molar-refractivity contribution in [2.45, 2.75) is 30.1 Å². The number of sulfonamides is 1. The third-order valence-electron chi connectivity index (χ3n) is 4.53. The molecular formula is C18H17F3N2O3S. The number of carbonyl (C=O) groups excluding carboxylic acids is 1. The maximum absolute atomic E-state index is 13.3. The van der Waals surface area contributed by atoms with Crippen molar-refractivity contribution in [1.29, 1.82) is 0 Å². The van der Waals surface area contributed by atoms with Gasteiger partial charge in [-0.1, -0.05) is 36.4 Å². The maximum atomic E-state index is 13.3. The Bertz CT molecular complexity index is 974. The highest BCUT2D eigenvalue weighted by Crippen LogP contribution is 2.37. The van der Waals surface area contributed by atoms with E-state index in [9.17, 15) is 26.4 Å². The van der Waals surface area contributed by atoms with E-state index in [1.807, 2.05) is 0 Å². The summed E-state index contributed by atoms with van der Waals surface area (Å²) in [7, 11) is -3.21. The van der Waals surface area contributed by atoms with Crippen LogP contribution in [-0.2, 0) is 34.0 Å². The van der Waals surface area contributed by atoms with Gasteiger partial charge in [0.25, 0.3) is 0 Å². The van der Waals surface area contributed by atoms with E-state index >= 15 is 0 Å². The highest BCUT2D eigenvalue weighted by molar-refractivity contribution is 7.89. The molecule has 0 saturated heterocycles. The topological polar surface area (TPSA) is 66.5 Å². The molecule has 1 aliphatic heterocycles. The molecule has 0 aliphatic carbocycles. The minimum atomic E-state index is -4.83. The predicted molar refractivity (Wildman–Crippen MR) is 92.2 cm³/mol. The quantitative estimate of drug-likeness (QED) is 0.864. The minimum Gasteiger partial charge on any atom is -0.358 e. The van der Waals surface area contributed by atoms with Crippen molar-refractivity contribution >= 4 is 15.9 Å². The second-order valence-electron chi connectivity index (χ2n) is 6.15. The largest absolute Gasteiger partial charge is 0.417 e. The molecule has 0 aromatic heterocycles. The zero-order chi connectivity index (χ0) is 19.8. The van der Waals surface area contributed by atoms with E-state index in [2.05, 4.69) is 5.32 Å². The number of rotatable bonds is 3. The lowest BCUT2D eigenvalue weighted by molar-refractivity contribution is -0.139. The van der Waals surface area contributed by atoms with Crippen LogP contribution < -0.4 is 5.32 Å². The molecule has 1 amide bonds. The molecule has 1 unspecified atom stereocenters. The van der Waals surface area contributed by atoms with Gasteiger partial charge in [-0.15, -0.1) is 0 Å². The molecule has 1 aliphatic rings. The van der Waals surface area contributed by atoms with Crippen molar-refractivity contribution < 1.29 is 26.4 Å². The fourth-order valence-corrected chi connectivity index (χ4v) is 4.97. The summed E-state index contributed by atoms with van der Waals surface area (Å²) in [5.41, 5.74) is 0.201. The molecule has 0 fully saturated rings. The zero-order valence-corrected chi connectivity index (χ0v) is 15.1. The Morgan fingerprint density at radius 1 is 1.07 bits per heavy atom. The lowest BCUT2D eigenvalue weighted by atomic mass is 9.95. The summed E-state index contributed by atoms with van der Waals surface area (Å²) in [6.45, 7) is -0.178. The number of hydrogen-bond acceptors (Lipinski definition) is 3. The molecule has 2 aromatic rings. The zero-order valence-electron chi connectivity index (χ0n) is 14.3. The second kappa shape index (κ2) is 6.97. The predicted octanol–water partition coefficient (Wildman–Crippen LogP) is 2.57. The molecule has 1 atom stereocenters. The third-order valence-corrected chi connectivity index (χ3v) is 6.45. The first-order chi connectivity index (χ1) is 12.7. The van der Waals surface area contributed by atoms with Gasteiger partial charge in [0.1, 0.15) is 6.04 Å². The van der Waals surface area contributed by atoms with Gasteiger partial charge < -0.3 is 5.32 Å². The molecule has 1 heterocycles. The number of nitrogens with one attached hydrogen (secondary N) is 1. The second-order valence-corrected chi connectivity index (χ2v) is 8.01. The van der Waals surface area contributed by atoms with Crippen LogP contribution in [0.1, 0.15) is 16.7 Å². The average Bonchev–Trinajstić information content (AvgIpc) is 2.65. The fourth-order valence-electron chi connectivity index (χ4n) is 3.19. The molecule has 9 heteroatoms. The molecule has 0 spiro atoms. The van der Waals surface area contributed by atoms with Crippen LogP contribution in [0.3, 0.4) is 0 Å². The number of fused-ring (bicyclic) bond motifs is 1. The van der Waals surface area contributed by atoms with Crippen LogP contribution >= 0.6 is 0 Å². The van der Waals surface area contributed by atoms with Crippen LogP contribution in [0.15, 0.2) is 53.4 Å². The van der Waals surface area contributed by atoms with E-state index in [4.69, 9.17) is 0 Å². The van der Waals surface area contributed by atoms with Crippen molar-refractivity contribution in [3.8, 4) is 0 Å². The number of amides is 1. The monoisotopic (exact) mass is 398 g/mol. The molecule has 144 valence electrons. The summed E-state index contributed by atoms with van der Waals surface area (Å²) in [6, 6.07) is 9.83. The Morgan fingerprint density at radius 3 is 2.30 bits per heavy atom. The normalized spacial score (nSPS) is 18.0. The van der Waals surface area contributed by atoms with Crippen molar-refractivity contribution in [2.75, 3.05) is 7.05 Å². The number of carbonyl (C=O) groups is 1. The van der Waals surface area contributed by atoms with Crippen LogP contribution in [0.4, 0.5) is 13.2 Å². The van der Waals surface area contributed by atoms with Gasteiger partial charge in [-0.05, 0) is 29.7 Å².